The highest BCUT2D eigenvalue weighted by molar-refractivity contribution is 6.11. The van der Waals surface area contributed by atoms with Crippen LogP contribution in [0.15, 0.2) is 186 Å². The maximum absolute atomic E-state index is 7.58. The Bertz CT molecular complexity index is 3020. The van der Waals surface area contributed by atoms with Crippen LogP contribution in [0, 0.1) is 6.92 Å². The van der Waals surface area contributed by atoms with Gasteiger partial charge in [-0.15, -0.1) is 0 Å². The second kappa shape index (κ2) is 13.0. The van der Waals surface area contributed by atoms with Gasteiger partial charge in [-0.2, -0.15) is 0 Å². The van der Waals surface area contributed by atoms with Gasteiger partial charge in [-0.1, -0.05) is 152 Å². The number of nitrogens with zero attached hydrogens (tertiary/aromatic N) is 2. The van der Waals surface area contributed by atoms with E-state index >= 15 is 0 Å². The van der Waals surface area contributed by atoms with Crippen LogP contribution in [0.4, 0.5) is 11.4 Å². The molecule has 11 rings (SSSR count). The molecule has 4 unspecified atom stereocenters. The van der Waals surface area contributed by atoms with Crippen molar-refractivity contribution < 1.29 is 4.42 Å². The molecule has 2 aliphatic rings. The highest BCUT2D eigenvalue weighted by Crippen LogP contribution is 2.52. The average Bonchev–Trinajstić information content (AvgIpc) is 3.91. The number of nitrogens with one attached hydrogen (secondary N) is 1. The number of furan rings is 1. The molecule has 0 radical (unpaired) electrons. The fourth-order valence-electron chi connectivity index (χ4n) is 9.48. The van der Waals surface area contributed by atoms with Crippen molar-refractivity contribution in [2.75, 3.05) is 4.90 Å². The molecule has 9 aromatic rings. The number of hydrogen-bond acceptors (Lipinski definition) is 4. The third kappa shape index (κ3) is 5.02. The largest absolute Gasteiger partial charge is 0.456 e. The van der Waals surface area contributed by atoms with Crippen LogP contribution >= 0.6 is 0 Å². The van der Waals surface area contributed by atoms with E-state index in [4.69, 9.17) is 10.2 Å². The number of nitrogens with two attached hydrogens (primary N) is 1. The van der Waals surface area contributed by atoms with E-state index in [0.717, 1.165) is 44.1 Å². The zero-order valence-electron chi connectivity index (χ0n) is 31.0. The van der Waals surface area contributed by atoms with E-state index in [1.165, 1.54) is 44.4 Å². The summed E-state index contributed by atoms with van der Waals surface area (Å²) in [5, 5.41) is 8.57. The van der Waals surface area contributed by atoms with Gasteiger partial charge in [0.1, 0.15) is 17.5 Å². The van der Waals surface area contributed by atoms with E-state index in [2.05, 4.69) is 192 Å². The lowest BCUT2D eigenvalue weighted by molar-refractivity contribution is 0.402. The van der Waals surface area contributed by atoms with Crippen LogP contribution in [-0.2, 0) is 0 Å². The first-order valence-corrected chi connectivity index (χ1v) is 19.5. The molecule has 270 valence electrons. The van der Waals surface area contributed by atoms with Crippen molar-refractivity contribution in [1.29, 1.82) is 0 Å². The topological polar surface area (TPSA) is 59.4 Å². The van der Waals surface area contributed by atoms with Gasteiger partial charge in [0.2, 0.25) is 0 Å². The Balaban J connectivity index is 1.11. The second-order valence-corrected chi connectivity index (χ2v) is 15.1. The van der Waals surface area contributed by atoms with Crippen LogP contribution in [-0.4, -0.2) is 10.6 Å². The molecule has 0 spiro atoms. The second-order valence-electron chi connectivity index (χ2n) is 15.1. The molecule has 0 bridgehead atoms. The van der Waals surface area contributed by atoms with Crippen molar-refractivity contribution in [3.8, 4) is 11.1 Å². The van der Waals surface area contributed by atoms with Crippen molar-refractivity contribution in [2.24, 2.45) is 5.73 Å². The SMILES string of the molecule is Cc1ccccc1C(NC(N)n1c2ccccc2c2ccc3c(c21)C1C=CC=CC1N3c1cccc(-c2ccccc2)c1)c1cccc2c1oc1ccccc12. The third-order valence-corrected chi connectivity index (χ3v) is 12.0. The maximum atomic E-state index is 7.58. The van der Waals surface area contributed by atoms with Crippen molar-refractivity contribution in [1.82, 2.24) is 9.88 Å². The molecular formula is C51H40N4O. The Labute approximate surface area is 325 Å². The first-order valence-electron chi connectivity index (χ1n) is 19.5. The molecule has 3 N–H and O–H groups in total. The number of fused-ring (bicyclic) bond motifs is 10. The van der Waals surface area contributed by atoms with Crippen molar-refractivity contribution >= 4 is 55.1 Å². The summed E-state index contributed by atoms with van der Waals surface area (Å²) in [5.41, 5.74) is 21.1. The molecule has 2 aromatic heterocycles. The number of para-hydroxylation sites is 3. The maximum Gasteiger partial charge on any atom is 0.140 e. The number of allylic oxidation sites excluding steroid dienone is 2. The smallest absolute Gasteiger partial charge is 0.140 e. The highest BCUT2D eigenvalue weighted by atomic mass is 16.3. The minimum Gasteiger partial charge on any atom is -0.456 e. The van der Waals surface area contributed by atoms with Crippen molar-refractivity contribution in [3.05, 3.63) is 204 Å². The third-order valence-electron chi connectivity index (χ3n) is 12.0. The fourth-order valence-corrected chi connectivity index (χ4v) is 9.48. The Morgan fingerprint density at radius 3 is 2.23 bits per heavy atom. The van der Waals surface area contributed by atoms with Gasteiger partial charge >= 0.3 is 0 Å². The summed E-state index contributed by atoms with van der Waals surface area (Å²) in [4.78, 5) is 2.52. The van der Waals surface area contributed by atoms with Gasteiger partial charge in [-0.05, 0) is 59.5 Å². The van der Waals surface area contributed by atoms with Crippen LogP contribution < -0.4 is 16.0 Å². The van der Waals surface area contributed by atoms with E-state index in [1.54, 1.807) is 0 Å². The molecule has 0 fully saturated rings. The molecule has 56 heavy (non-hydrogen) atoms. The first-order chi connectivity index (χ1) is 27.6. The number of hydrogen-bond donors (Lipinski definition) is 2. The molecule has 5 heteroatoms. The Morgan fingerprint density at radius 1 is 0.625 bits per heavy atom. The van der Waals surface area contributed by atoms with Crippen LogP contribution in [0.2, 0.25) is 0 Å². The summed E-state index contributed by atoms with van der Waals surface area (Å²) in [6, 6.07) is 56.1. The molecule has 1 aliphatic carbocycles. The molecule has 5 nitrogen and oxygen atoms in total. The highest BCUT2D eigenvalue weighted by Gasteiger charge is 2.40. The Morgan fingerprint density at radius 2 is 1.34 bits per heavy atom. The van der Waals surface area contributed by atoms with E-state index in [9.17, 15) is 0 Å². The molecular weight excluding hydrogens is 685 g/mol. The first kappa shape index (κ1) is 32.7. The van der Waals surface area contributed by atoms with E-state index in [-0.39, 0.29) is 18.0 Å². The van der Waals surface area contributed by atoms with E-state index < -0.39 is 6.29 Å². The Kier molecular flexibility index (Phi) is 7.59. The van der Waals surface area contributed by atoms with Gasteiger partial charge in [0.05, 0.1) is 23.1 Å². The van der Waals surface area contributed by atoms with Gasteiger partial charge in [0, 0.05) is 50.0 Å². The predicted octanol–water partition coefficient (Wildman–Crippen LogP) is 12.2. The summed E-state index contributed by atoms with van der Waals surface area (Å²) in [6.45, 7) is 2.17. The number of rotatable bonds is 7. The standard InChI is InChI=1S/C51H40N4O/c1-32-15-5-6-20-36(32)48(42-25-14-24-40-38-22-9-12-28-46(38)56-50(40)42)53-51(52)55-43-26-10-7-21-37(43)39-29-30-45-47(49(39)55)41-23-8-11-27-44(41)54(45)35-19-13-18-34(31-35)33-16-3-2-4-17-33/h2-31,41,44,48,51,53H,52H2,1H3. The number of benzene rings is 7. The minimum atomic E-state index is -0.592. The molecule has 1 aliphatic heterocycles. The lowest BCUT2D eigenvalue weighted by Gasteiger charge is -2.29. The van der Waals surface area contributed by atoms with Gasteiger partial charge in [0.25, 0.3) is 0 Å². The molecule has 3 heterocycles. The summed E-state index contributed by atoms with van der Waals surface area (Å²) >= 11 is 0. The van der Waals surface area contributed by atoms with Crippen molar-refractivity contribution in [2.45, 2.75) is 31.2 Å². The zero-order valence-corrected chi connectivity index (χ0v) is 31.0. The summed E-state index contributed by atoms with van der Waals surface area (Å²) < 4.78 is 8.99. The van der Waals surface area contributed by atoms with Gasteiger partial charge in [-0.25, -0.2) is 0 Å². The van der Waals surface area contributed by atoms with Crippen LogP contribution in [0.25, 0.3) is 54.9 Å². The summed E-state index contributed by atoms with van der Waals surface area (Å²) in [6.07, 6.45) is 8.50. The zero-order chi connectivity index (χ0) is 37.3. The van der Waals surface area contributed by atoms with E-state index in [0.29, 0.717) is 0 Å². The van der Waals surface area contributed by atoms with Gasteiger partial charge < -0.3 is 13.9 Å². The molecule has 4 atom stereocenters. The molecule has 0 saturated heterocycles. The predicted molar refractivity (Wildman–Crippen MR) is 231 cm³/mol. The fraction of sp³-hybridized carbons (Fsp3) is 0.0980. The minimum absolute atomic E-state index is 0.118. The molecule has 0 saturated carbocycles. The lowest BCUT2D eigenvalue weighted by Crippen LogP contribution is -2.37. The van der Waals surface area contributed by atoms with Gasteiger partial charge in [0.15, 0.2) is 0 Å². The quantitative estimate of drug-likeness (QED) is 0.161. The van der Waals surface area contributed by atoms with Crippen molar-refractivity contribution in [3.63, 3.8) is 0 Å². The lowest BCUT2D eigenvalue weighted by atomic mass is 9.90. The summed E-state index contributed by atoms with van der Waals surface area (Å²) in [7, 11) is 0. The number of aromatic nitrogens is 1. The Hall–Kier alpha value is -6.66. The molecule has 0 amide bonds. The number of anilines is 2. The van der Waals surface area contributed by atoms with Crippen LogP contribution in [0.5, 0.6) is 0 Å². The average molecular weight is 725 g/mol. The monoisotopic (exact) mass is 724 g/mol. The number of aryl methyl sites for hydroxylation is 1. The molecule has 7 aromatic carbocycles. The summed E-state index contributed by atoms with van der Waals surface area (Å²) in [5.74, 6) is 0.130. The van der Waals surface area contributed by atoms with Crippen LogP contribution in [0.1, 0.15) is 40.5 Å². The van der Waals surface area contributed by atoms with Gasteiger partial charge in [-0.3, -0.25) is 11.1 Å². The van der Waals surface area contributed by atoms with Crippen LogP contribution in [0.3, 0.4) is 0 Å². The normalized spacial score (nSPS) is 17.2. The van der Waals surface area contributed by atoms with E-state index in [1.807, 2.05) is 12.1 Å².